The molecule has 0 spiro atoms. The molecule has 0 aromatic heterocycles. The highest BCUT2D eigenvalue weighted by Gasteiger charge is 2.59. The van der Waals surface area contributed by atoms with E-state index in [1.807, 2.05) is 0 Å². The van der Waals surface area contributed by atoms with Crippen LogP contribution >= 0.6 is 0 Å². The maximum atomic E-state index is 12.4. The van der Waals surface area contributed by atoms with Crippen molar-refractivity contribution < 1.29 is 15.2 Å². The van der Waals surface area contributed by atoms with E-state index in [2.05, 4.69) is 19.9 Å². The Morgan fingerprint density at radius 3 is 2.79 bits per heavy atom. The maximum Gasteiger partial charge on any atom is 0.139 e. The smallest absolute Gasteiger partial charge is 0.139 e. The summed E-state index contributed by atoms with van der Waals surface area (Å²) in [6.07, 6.45) is 10.9. The van der Waals surface area contributed by atoms with Gasteiger partial charge in [-0.15, -0.1) is 0 Å². The molecule has 0 radical (unpaired) electrons. The Morgan fingerprint density at radius 2 is 2.04 bits per heavy atom. The lowest BCUT2D eigenvalue weighted by Gasteiger charge is -2.59. The number of nitrogens with one attached hydrogen (secondary N) is 1. The van der Waals surface area contributed by atoms with E-state index in [1.54, 1.807) is 0 Å². The minimum atomic E-state index is -0.698. The SMILES string of the molecule is C[C@]12CC=C(C[NH+]([O-])O)C[C@@H]1CC[C@@H]1[C@@H]2CC[C@]2(C)C(=O)CC[C@@H]12. The lowest BCUT2D eigenvalue weighted by Crippen LogP contribution is -3.04. The number of fused-ring (bicyclic) bond motifs is 5. The largest absolute Gasteiger partial charge is 0.600 e. The number of carbonyl (C=O) groups is 1. The van der Waals surface area contributed by atoms with E-state index in [-0.39, 0.29) is 12.0 Å². The third-order valence-electron chi connectivity index (χ3n) is 8.49. The standard InChI is InChI=1S/C20H31NO3/c1-19-9-7-13(12-21(23)24)11-14(19)3-4-15-16-5-6-18(22)20(16,2)10-8-17(15)19/h7,14-17,21,23H,3-6,8-12H2,1-2H3/t14-,15-,16-,17-,19-,20-/m0/s1. The van der Waals surface area contributed by atoms with Crippen LogP contribution in [0, 0.1) is 39.7 Å². The Bertz CT molecular complexity index is 571. The van der Waals surface area contributed by atoms with Gasteiger partial charge in [0, 0.05) is 11.8 Å². The van der Waals surface area contributed by atoms with E-state index in [9.17, 15) is 10.0 Å². The molecule has 7 atom stereocenters. The van der Waals surface area contributed by atoms with Crippen LogP contribution in [-0.4, -0.2) is 17.5 Å². The minimum absolute atomic E-state index is 0.0384. The zero-order valence-corrected chi connectivity index (χ0v) is 15.0. The lowest BCUT2D eigenvalue weighted by atomic mass is 9.45. The van der Waals surface area contributed by atoms with Crippen LogP contribution in [0.3, 0.4) is 0 Å². The number of allylic oxidation sites excluding steroid dienone is 1. The molecule has 0 saturated heterocycles. The first kappa shape index (κ1) is 16.7. The average molecular weight is 333 g/mol. The molecule has 3 saturated carbocycles. The van der Waals surface area contributed by atoms with Crippen LogP contribution in [0.2, 0.25) is 0 Å². The predicted molar refractivity (Wildman–Crippen MR) is 91.2 cm³/mol. The van der Waals surface area contributed by atoms with E-state index in [0.29, 0.717) is 29.0 Å². The van der Waals surface area contributed by atoms with Gasteiger partial charge in [-0.3, -0.25) is 4.79 Å². The van der Waals surface area contributed by atoms with Crippen molar-refractivity contribution in [3.05, 3.63) is 16.9 Å². The fraction of sp³-hybridized carbons (Fsp3) is 0.850. The molecule has 4 nitrogen and oxygen atoms in total. The second-order valence-electron chi connectivity index (χ2n) is 9.42. The molecule has 1 unspecified atom stereocenters. The van der Waals surface area contributed by atoms with Crippen LogP contribution in [0.25, 0.3) is 0 Å². The molecule has 0 heterocycles. The van der Waals surface area contributed by atoms with Gasteiger partial charge in [-0.2, -0.15) is 0 Å². The van der Waals surface area contributed by atoms with Crippen LogP contribution in [0.1, 0.15) is 65.2 Å². The molecule has 4 rings (SSSR count). The zero-order valence-electron chi connectivity index (χ0n) is 15.0. The molecule has 0 amide bonds. The number of quaternary nitrogens is 1. The number of ketones is 1. The third kappa shape index (κ3) is 2.33. The molecule has 0 aromatic carbocycles. The molecule has 4 heteroatoms. The van der Waals surface area contributed by atoms with Crippen molar-refractivity contribution in [3.63, 3.8) is 0 Å². The number of Topliss-reactive ketones (excluding diaryl/α,β-unsaturated/α-hetero) is 1. The number of hydrogen-bond acceptors (Lipinski definition) is 3. The van der Waals surface area contributed by atoms with Gasteiger partial charge in [0.25, 0.3) is 0 Å². The van der Waals surface area contributed by atoms with Crippen molar-refractivity contribution in [1.29, 1.82) is 0 Å². The summed E-state index contributed by atoms with van der Waals surface area (Å²) in [5.41, 5.74) is 1.42. The number of rotatable bonds is 2. The number of hydrogen-bond donors (Lipinski definition) is 2. The second kappa shape index (κ2) is 5.65. The Hall–Kier alpha value is -0.710. The Kier molecular flexibility index (Phi) is 3.94. The summed E-state index contributed by atoms with van der Waals surface area (Å²) in [5, 5.41) is 19.5. The van der Waals surface area contributed by atoms with E-state index < -0.39 is 5.23 Å². The first-order valence-electron chi connectivity index (χ1n) is 9.77. The minimum Gasteiger partial charge on any atom is -0.600 e. The van der Waals surface area contributed by atoms with E-state index >= 15 is 0 Å². The van der Waals surface area contributed by atoms with E-state index in [0.717, 1.165) is 43.6 Å². The molecular weight excluding hydrogens is 302 g/mol. The van der Waals surface area contributed by atoms with E-state index in [4.69, 9.17) is 5.21 Å². The summed E-state index contributed by atoms with van der Waals surface area (Å²) >= 11 is 0. The van der Waals surface area contributed by atoms with Crippen molar-refractivity contribution in [2.24, 2.45) is 34.5 Å². The highest BCUT2D eigenvalue weighted by Crippen LogP contribution is 2.65. The molecule has 0 aromatic rings. The van der Waals surface area contributed by atoms with E-state index in [1.165, 1.54) is 19.3 Å². The molecular formula is C20H31NO3. The monoisotopic (exact) mass is 333 g/mol. The highest BCUT2D eigenvalue weighted by atomic mass is 16.8. The summed E-state index contributed by atoms with van der Waals surface area (Å²) in [6, 6.07) is 0. The number of hydroxylamine groups is 2. The van der Waals surface area contributed by atoms with Crippen LogP contribution in [0.5, 0.6) is 0 Å². The fourth-order valence-corrected chi connectivity index (χ4v) is 7.06. The maximum absolute atomic E-state index is 12.4. The Balaban J connectivity index is 1.58. The molecule has 0 aliphatic heterocycles. The van der Waals surface area contributed by atoms with Crippen molar-refractivity contribution in [3.8, 4) is 0 Å². The first-order chi connectivity index (χ1) is 11.3. The van der Waals surface area contributed by atoms with Crippen molar-refractivity contribution in [1.82, 2.24) is 0 Å². The number of carbonyl (C=O) groups excluding carboxylic acids is 1. The zero-order chi connectivity index (χ0) is 17.1. The molecule has 0 bridgehead atoms. The van der Waals surface area contributed by atoms with Crippen LogP contribution in [-0.2, 0) is 4.79 Å². The van der Waals surface area contributed by atoms with Gasteiger partial charge in [-0.05, 0) is 79.6 Å². The molecule has 24 heavy (non-hydrogen) atoms. The Morgan fingerprint density at radius 1 is 1.25 bits per heavy atom. The van der Waals surface area contributed by atoms with Gasteiger partial charge in [-0.1, -0.05) is 19.9 Å². The topological polar surface area (TPSA) is 64.8 Å². The predicted octanol–water partition coefficient (Wildman–Crippen LogP) is 2.91. The summed E-state index contributed by atoms with van der Waals surface area (Å²) in [7, 11) is 0. The third-order valence-corrected chi connectivity index (χ3v) is 8.49. The van der Waals surface area contributed by atoms with Crippen LogP contribution in [0.15, 0.2) is 11.6 Å². The van der Waals surface area contributed by atoms with Crippen LogP contribution in [0.4, 0.5) is 0 Å². The van der Waals surface area contributed by atoms with Gasteiger partial charge in [0.1, 0.15) is 12.3 Å². The van der Waals surface area contributed by atoms with Gasteiger partial charge >= 0.3 is 0 Å². The fourth-order valence-electron chi connectivity index (χ4n) is 7.06. The average Bonchev–Trinajstić information content (AvgIpc) is 2.83. The lowest BCUT2D eigenvalue weighted by molar-refractivity contribution is -1.04. The van der Waals surface area contributed by atoms with Gasteiger partial charge in [-0.25, -0.2) is 10.4 Å². The molecule has 134 valence electrons. The summed E-state index contributed by atoms with van der Waals surface area (Å²) in [6.45, 7) is 4.92. The molecule has 2 N–H and O–H groups in total. The summed E-state index contributed by atoms with van der Waals surface area (Å²) in [4.78, 5) is 12.4. The molecule has 4 aliphatic carbocycles. The van der Waals surface area contributed by atoms with Crippen LogP contribution < -0.4 is 5.23 Å². The first-order valence-corrected chi connectivity index (χ1v) is 9.77. The summed E-state index contributed by atoms with van der Waals surface area (Å²) in [5.74, 6) is 3.20. The van der Waals surface area contributed by atoms with Crippen molar-refractivity contribution in [2.75, 3.05) is 6.54 Å². The van der Waals surface area contributed by atoms with Crippen molar-refractivity contribution >= 4 is 5.78 Å². The summed E-state index contributed by atoms with van der Waals surface area (Å²) < 4.78 is 0. The highest BCUT2D eigenvalue weighted by molar-refractivity contribution is 5.87. The molecule has 3 fully saturated rings. The second-order valence-corrected chi connectivity index (χ2v) is 9.42. The Labute approximate surface area is 144 Å². The van der Waals surface area contributed by atoms with Crippen molar-refractivity contribution in [2.45, 2.75) is 65.2 Å². The van der Waals surface area contributed by atoms with Gasteiger partial charge < -0.3 is 5.21 Å². The quantitative estimate of drug-likeness (QED) is 0.603. The molecule has 4 aliphatic rings. The normalized spacial score (nSPS) is 49.0. The van der Waals surface area contributed by atoms with Gasteiger partial charge in [0.15, 0.2) is 0 Å². The van der Waals surface area contributed by atoms with Gasteiger partial charge in [0.2, 0.25) is 0 Å². The van der Waals surface area contributed by atoms with Gasteiger partial charge in [0.05, 0.1) is 0 Å².